The lowest BCUT2D eigenvalue weighted by atomic mass is 10.2. The van der Waals surface area contributed by atoms with Gasteiger partial charge in [0.1, 0.15) is 0 Å². The van der Waals surface area contributed by atoms with Gasteiger partial charge in [0.2, 0.25) is 11.9 Å². The summed E-state index contributed by atoms with van der Waals surface area (Å²) in [6.45, 7) is 1.93. The van der Waals surface area contributed by atoms with Crippen LogP contribution in [0.15, 0.2) is 18.5 Å². The molecule has 1 fully saturated rings. The predicted octanol–water partition coefficient (Wildman–Crippen LogP) is 0.723. The van der Waals surface area contributed by atoms with Gasteiger partial charge >= 0.3 is 0 Å². The molecule has 0 bridgehead atoms. The van der Waals surface area contributed by atoms with E-state index in [0.717, 1.165) is 25.9 Å². The van der Waals surface area contributed by atoms with Crippen molar-refractivity contribution in [3.63, 3.8) is 0 Å². The van der Waals surface area contributed by atoms with Gasteiger partial charge in [0.15, 0.2) is 0 Å². The Morgan fingerprint density at radius 2 is 1.75 bits per heavy atom. The highest BCUT2D eigenvalue weighted by atomic mass is 15.4. The van der Waals surface area contributed by atoms with E-state index in [1.807, 2.05) is 6.07 Å². The van der Waals surface area contributed by atoms with Crippen molar-refractivity contribution in [1.82, 2.24) is 24.7 Å². The zero-order valence-corrected chi connectivity index (χ0v) is 11.2. The van der Waals surface area contributed by atoms with E-state index in [4.69, 9.17) is 5.84 Å². The van der Waals surface area contributed by atoms with E-state index in [1.165, 1.54) is 12.8 Å². The Morgan fingerprint density at radius 3 is 2.40 bits per heavy atom. The largest absolute Gasteiger partial charge is 0.341 e. The van der Waals surface area contributed by atoms with Crippen LogP contribution in [0.2, 0.25) is 0 Å². The Labute approximate surface area is 117 Å². The number of anilines is 2. The van der Waals surface area contributed by atoms with Crippen molar-refractivity contribution < 1.29 is 0 Å². The third kappa shape index (κ3) is 2.69. The van der Waals surface area contributed by atoms with Crippen LogP contribution in [0.1, 0.15) is 25.7 Å². The molecule has 0 radical (unpaired) electrons. The molecule has 0 aliphatic carbocycles. The van der Waals surface area contributed by atoms with Gasteiger partial charge in [0.05, 0.1) is 0 Å². The van der Waals surface area contributed by atoms with Crippen LogP contribution in [0.3, 0.4) is 0 Å². The average molecular weight is 274 g/mol. The van der Waals surface area contributed by atoms with Crippen LogP contribution in [0.5, 0.6) is 0 Å². The van der Waals surface area contributed by atoms with Gasteiger partial charge in [0.25, 0.3) is 5.95 Å². The van der Waals surface area contributed by atoms with Crippen LogP contribution in [-0.2, 0) is 0 Å². The first-order valence-corrected chi connectivity index (χ1v) is 6.84. The van der Waals surface area contributed by atoms with Gasteiger partial charge in [0, 0.05) is 25.5 Å². The fourth-order valence-electron chi connectivity index (χ4n) is 2.32. The minimum absolute atomic E-state index is 0.352. The maximum Gasteiger partial charge on any atom is 0.257 e. The SMILES string of the molecule is NNc1nc(N2CCCCCC2)nc(-n2cccn2)n1. The highest BCUT2D eigenvalue weighted by Gasteiger charge is 2.15. The van der Waals surface area contributed by atoms with Crippen molar-refractivity contribution in [2.75, 3.05) is 23.4 Å². The van der Waals surface area contributed by atoms with Crippen molar-refractivity contribution in [3.05, 3.63) is 18.5 Å². The van der Waals surface area contributed by atoms with Crippen LogP contribution in [0, 0.1) is 0 Å². The number of nitrogens with zero attached hydrogens (tertiary/aromatic N) is 6. The molecule has 3 heterocycles. The quantitative estimate of drug-likeness (QED) is 0.628. The summed E-state index contributed by atoms with van der Waals surface area (Å²) in [5, 5.41) is 4.14. The third-order valence-electron chi connectivity index (χ3n) is 3.34. The van der Waals surface area contributed by atoms with E-state index in [-0.39, 0.29) is 0 Å². The number of hydrogen-bond acceptors (Lipinski definition) is 7. The molecule has 8 nitrogen and oxygen atoms in total. The Kier molecular flexibility index (Phi) is 3.73. The Hall–Kier alpha value is -2.22. The highest BCUT2D eigenvalue weighted by Crippen LogP contribution is 2.17. The normalized spacial score (nSPS) is 15.9. The van der Waals surface area contributed by atoms with Crippen molar-refractivity contribution in [1.29, 1.82) is 0 Å². The average Bonchev–Trinajstić information content (AvgIpc) is 2.89. The fourth-order valence-corrected chi connectivity index (χ4v) is 2.32. The summed E-state index contributed by atoms with van der Waals surface area (Å²) >= 11 is 0. The number of nitrogens with one attached hydrogen (secondary N) is 1. The van der Waals surface area contributed by atoms with E-state index in [2.05, 4.69) is 30.4 Å². The number of rotatable bonds is 3. The molecule has 0 saturated carbocycles. The monoisotopic (exact) mass is 274 g/mol. The second-order valence-corrected chi connectivity index (χ2v) is 4.76. The molecule has 2 aromatic heterocycles. The van der Waals surface area contributed by atoms with Crippen molar-refractivity contribution >= 4 is 11.9 Å². The molecule has 0 aromatic carbocycles. The number of hydrogen-bond donors (Lipinski definition) is 2. The molecule has 3 N–H and O–H groups in total. The summed E-state index contributed by atoms with van der Waals surface area (Å²) in [4.78, 5) is 15.3. The summed E-state index contributed by atoms with van der Waals surface area (Å²) in [5.41, 5.74) is 2.49. The van der Waals surface area contributed by atoms with Gasteiger partial charge in [-0.1, -0.05) is 12.8 Å². The summed E-state index contributed by atoms with van der Waals surface area (Å²) < 4.78 is 1.60. The number of aromatic nitrogens is 5. The zero-order chi connectivity index (χ0) is 13.8. The Bertz CT molecular complexity index is 545. The standard InChI is InChI=1S/C12H18N8/c13-18-10-15-11(19-7-3-1-2-4-8-19)17-12(16-10)20-9-5-6-14-20/h5-6,9H,1-4,7-8,13H2,(H,15,16,17,18). The maximum absolute atomic E-state index is 5.45. The third-order valence-corrected chi connectivity index (χ3v) is 3.34. The van der Waals surface area contributed by atoms with Gasteiger partial charge in [-0.2, -0.15) is 20.1 Å². The van der Waals surface area contributed by atoms with Crippen LogP contribution in [0.4, 0.5) is 11.9 Å². The molecule has 1 aliphatic rings. The summed E-state index contributed by atoms with van der Waals surface area (Å²) in [6.07, 6.45) is 8.32. The molecule has 2 aromatic rings. The van der Waals surface area contributed by atoms with Crippen molar-refractivity contribution in [3.8, 4) is 5.95 Å². The first-order valence-electron chi connectivity index (χ1n) is 6.84. The molecular weight excluding hydrogens is 256 g/mol. The molecule has 20 heavy (non-hydrogen) atoms. The summed E-state index contributed by atoms with van der Waals surface area (Å²) in [7, 11) is 0. The smallest absolute Gasteiger partial charge is 0.257 e. The minimum atomic E-state index is 0.352. The fraction of sp³-hybridized carbons (Fsp3) is 0.500. The molecule has 0 spiro atoms. The summed E-state index contributed by atoms with van der Waals surface area (Å²) in [5.74, 6) is 6.92. The second-order valence-electron chi connectivity index (χ2n) is 4.76. The van der Waals surface area contributed by atoms with Gasteiger partial charge in [-0.15, -0.1) is 0 Å². The van der Waals surface area contributed by atoms with E-state index in [1.54, 1.807) is 17.1 Å². The van der Waals surface area contributed by atoms with Gasteiger partial charge < -0.3 is 4.90 Å². The van der Waals surface area contributed by atoms with E-state index in [0.29, 0.717) is 17.8 Å². The molecule has 3 rings (SSSR count). The van der Waals surface area contributed by atoms with E-state index in [9.17, 15) is 0 Å². The lowest BCUT2D eigenvalue weighted by Gasteiger charge is -2.20. The van der Waals surface area contributed by atoms with Crippen LogP contribution >= 0.6 is 0 Å². The van der Waals surface area contributed by atoms with Crippen LogP contribution in [0.25, 0.3) is 5.95 Å². The van der Waals surface area contributed by atoms with Crippen molar-refractivity contribution in [2.24, 2.45) is 5.84 Å². The zero-order valence-electron chi connectivity index (χ0n) is 11.2. The molecule has 0 unspecified atom stereocenters. The Balaban J connectivity index is 1.95. The Morgan fingerprint density at radius 1 is 1.00 bits per heavy atom. The first-order chi connectivity index (χ1) is 9.86. The lowest BCUT2D eigenvalue weighted by molar-refractivity contribution is 0.726. The molecule has 0 atom stereocenters. The molecule has 1 aliphatic heterocycles. The topological polar surface area (TPSA) is 97.8 Å². The molecule has 0 amide bonds. The number of hydrazine groups is 1. The first kappa shape index (κ1) is 12.8. The molecule has 106 valence electrons. The second kappa shape index (κ2) is 5.83. The van der Waals surface area contributed by atoms with E-state index < -0.39 is 0 Å². The molecule has 1 saturated heterocycles. The van der Waals surface area contributed by atoms with E-state index >= 15 is 0 Å². The van der Waals surface area contributed by atoms with Crippen LogP contribution < -0.4 is 16.2 Å². The summed E-state index contributed by atoms with van der Waals surface area (Å²) in [6, 6.07) is 1.82. The highest BCUT2D eigenvalue weighted by molar-refractivity contribution is 5.39. The number of nitrogen functional groups attached to an aromatic ring is 1. The molecule has 8 heteroatoms. The number of nitrogens with two attached hydrogens (primary N) is 1. The van der Waals surface area contributed by atoms with Crippen LogP contribution in [-0.4, -0.2) is 37.8 Å². The van der Waals surface area contributed by atoms with Gasteiger partial charge in [-0.3, -0.25) is 5.43 Å². The maximum atomic E-state index is 5.45. The van der Waals surface area contributed by atoms with Gasteiger partial charge in [-0.25, -0.2) is 10.5 Å². The molecular formula is C12H18N8. The predicted molar refractivity (Wildman–Crippen MR) is 75.4 cm³/mol. The minimum Gasteiger partial charge on any atom is -0.341 e. The van der Waals surface area contributed by atoms with Crippen molar-refractivity contribution in [2.45, 2.75) is 25.7 Å². The lowest BCUT2D eigenvalue weighted by Crippen LogP contribution is -2.27. The van der Waals surface area contributed by atoms with Gasteiger partial charge in [-0.05, 0) is 18.9 Å².